The molecule has 0 bridgehead atoms. The van der Waals surface area contributed by atoms with Gasteiger partial charge in [0.15, 0.2) is 11.6 Å². The van der Waals surface area contributed by atoms with Gasteiger partial charge in [0.2, 0.25) is 0 Å². The molecule has 0 radical (unpaired) electrons. The van der Waals surface area contributed by atoms with Gasteiger partial charge in [0.1, 0.15) is 11.5 Å². The molecule has 2 aromatic rings. The maximum Gasteiger partial charge on any atom is 0.152 e. The van der Waals surface area contributed by atoms with E-state index < -0.39 is 17.5 Å². The molecule has 0 amide bonds. The van der Waals surface area contributed by atoms with Gasteiger partial charge in [-0.05, 0) is 32.9 Å². The lowest BCUT2D eigenvalue weighted by atomic mass is 10.2. The van der Waals surface area contributed by atoms with E-state index >= 15 is 0 Å². The molecule has 1 nitrogen and oxygen atoms in total. The Labute approximate surface area is 108 Å². The van der Waals surface area contributed by atoms with E-state index in [1.165, 1.54) is 11.3 Å². The Balaban J connectivity index is 2.14. The molecule has 0 saturated carbocycles. The van der Waals surface area contributed by atoms with Crippen molar-refractivity contribution in [1.29, 1.82) is 0 Å². The molecule has 0 atom stereocenters. The van der Waals surface area contributed by atoms with Crippen LogP contribution in [0.25, 0.3) is 0 Å². The maximum absolute atomic E-state index is 13.3. The Bertz CT molecular complexity index is 518. The first-order valence-electron chi connectivity index (χ1n) is 4.67. The van der Waals surface area contributed by atoms with Crippen LogP contribution in [0, 0.1) is 17.5 Å². The highest BCUT2D eigenvalue weighted by Crippen LogP contribution is 2.24. The smallest absolute Gasteiger partial charge is 0.152 e. The third-order valence-electron chi connectivity index (χ3n) is 2.10. The maximum atomic E-state index is 13.3. The molecule has 2 rings (SSSR count). The minimum absolute atomic E-state index is 0.279. The molecule has 1 heterocycles. The van der Waals surface area contributed by atoms with Crippen LogP contribution in [-0.4, -0.2) is 0 Å². The lowest BCUT2D eigenvalue weighted by Gasteiger charge is -2.07. The average molecular weight is 322 g/mol. The highest BCUT2D eigenvalue weighted by Gasteiger charge is 2.11. The molecule has 0 aliphatic rings. The number of thiophene rings is 1. The molecule has 1 N–H and O–H groups in total. The second-order valence-corrected chi connectivity index (χ2v) is 5.65. The summed E-state index contributed by atoms with van der Waals surface area (Å²) >= 11 is 4.77. The van der Waals surface area contributed by atoms with Crippen molar-refractivity contribution in [2.75, 3.05) is 5.32 Å². The summed E-state index contributed by atoms with van der Waals surface area (Å²) in [5.41, 5.74) is 0.582. The third-order valence-corrected chi connectivity index (χ3v) is 3.65. The van der Waals surface area contributed by atoms with Gasteiger partial charge < -0.3 is 5.32 Å². The van der Waals surface area contributed by atoms with Crippen molar-refractivity contribution in [1.82, 2.24) is 0 Å². The van der Waals surface area contributed by atoms with E-state index in [0.29, 0.717) is 12.1 Å². The monoisotopic (exact) mass is 321 g/mol. The van der Waals surface area contributed by atoms with Crippen LogP contribution in [0.2, 0.25) is 0 Å². The van der Waals surface area contributed by atoms with Crippen molar-refractivity contribution < 1.29 is 13.2 Å². The molecule has 1 aromatic carbocycles. The van der Waals surface area contributed by atoms with E-state index in [1.807, 2.05) is 11.4 Å². The molecule has 0 fully saturated rings. The van der Waals surface area contributed by atoms with Crippen LogP contribution in [-0.2, 0) is 6.54 Å². The molecular weight excluding hydrogens is 315 g/mol. The van der Waals surface area contributed by atoms with Gasteiger partial charge in [0, 0.05) is 18.7 Å². The first-order valence-corrected chi connectivity index (χ1v) is 6.35. The van der Waals surface area contributed by atoms with Crippen LogP contribution >= 0.6 is 27.3 Å². The van der Waals surface area contributed by atoms with Gasteiger partial charge in [-0.2, -0.15) is 0 Å². The van der Waals surface area contributed by atoms with E-state index in [2.05, 4.69) is 21.2 Å². The van der Waals surface area contributed by atoms with Gasteiger partial charge in [-0.1, -0.05) is 0 Å². The van der Waals surface area contributed by atoms with Crippen LogP contribution < -0.4 is 5.32 Å². The first kappa shape index (κ1) is 12.4. The molecule has 6 heteroatoms. The molecular formula is C11H7BrF3NS. The topological polar surface area (TPSA) is 12.0 Å². The first-order chi connectivity index (χ1) is 8.06. The highest BCUT2D eigenvalue weighted by molar-refractivity contribution is 9.11. The number of halogens is 4. The Hall–Kier alpha value is -1.01. The minimum Gasteiger partial charge on any atom is -0.376 e. The van der Waals surface area contributed by atoms with Gasteiger partial charge in [-0.25, -0.2) is 13.2 Å². The van der Waals surface area contributed by atoms with Crippen molar-refractivity contribution in [2.45, 2.75) is 6.54 Å². The fourth-order valence-electron chi connectivity index (χ4n) is 1.34. The summed E-state index contributed by atoms with van der Waals surface area (Å²) in [5, 5.41) is 4.46. The standard InChI is InChI=1S/C11H7BrF3NS/c12-10-1-6(5-17-10)4-16-11-8(14)2-7(13)3-9(11)15/h1-3,5,16H,4H2. The fourth-order valence-corrected chi connectivity index (χ4v) is 2.55. The summed E-state index contributed by atoms with van der Waals surface area (Å²) in [5.74, 6) is -2.79. The number of hydrogen-bond donors (Lipinski definition) is 1. The largest absolute Gasteiger partial charge is 0.376 e. The predicted octanol–water partition coefficient (Wildman–Crippen LogP) is 4.54. The Morgan fingerprint density at radius 2 is 1.76 bits per heavy atom. The lowest BCUT2D eigenvalue weighted by molar-refractivity contribution is 0.547. The molecule has 1 aromatic heterocycles. The van der Waals surface area contributed by atoms with Crippen molar-refractivity contribution in [2.24, 2.45) is 0 Å². The van der Waals surface area contributed by atoms with Gasteiger partial charge in [0.25, 0.3) is 0 Å². The van der Waals surface area contributed by atoms with Crippen molar-refractivity contribution in [3.05, 3.63) is 50.4 Å². The summed E-state index contributed by atoms with van der Waals surface area (Å²) in [6, 6.07) is 3.14. The summed E-state index contributed by atoms with van der Waals surface area (Å²) < 4.78 is 40.1. The van der Waals surface area contributed by atoms with Crippen LogP contribution in [0.5, 0.6) is 0 Å². The average Bonchev–Trinajstić information content (AvgIpc) is 2.62. The Kier molecular flexibility index (Phi) is 3.73. The molecule has 0 unspecified atom stereocenters. The zero-order valence-corrected chi connectivity index (χ0v) is 10.8. The summed E-state index contributed by atoms with van der Waals surface area (Å²) in [6.07, 6.45) is 0. The van der Waals surface area contributed by atoms with Crippen LogP contribution in [0.1, 0.15) is 5.56 Å². The minimum atomic E-state index is -0.934. The van der Waals surface area contributed by atoms with Gasteiger partial charge in [0.05, 0.1) is 3.79 Å². The normalized spacial score (nSPS) is 10.6. The predicted molar refractivity (Wildman–Crippen MR) is 65.7 cm³/mol. The van der Waals surface area contributed by atoms with E-state index in [-0.39, 0.29) is 12.2 Å². The molecule has 90 valence electrons. The Morgan fingerprint density at radius 1 is 1.12 bits per heavy atom. The SMILES string of the molecule is Fc1cc(F)c(NCc2csc(Br)c2)c(F)c1. The number of anilines is 1. The zero-order chi connectivity index (χ0) is 12.4. The third kappa shape index (κ3) is 3.01. The van der Waals surface area contributed by atoms with Crippen LogP contribution in [0.15, 0.2) is 27.4 Å². The molecule has 0 aliphatic heterocycles. The molecule has 17 heavy (non-hydrogen) atoms. The van der Waals surface area contributed by atoms with Crippen LogP contribution in [0.4, 0.5) is 18.9 Å². The second-order valence-electron chi connectivity index (χ2n) is 3.36. The number of rotatable bonds is 3. The van der Waals surface area contributed by atoms with Gasteiger partial charge in [-0.3, -0.25) is 0 Å². The van der Waals surface area contributed by atoms with Crippen molar-refractivity contribution in [3.8, 4) is 0 Å². The molecule has 0 saturated heterocycles. The van der Waals surface area contributed by atoms with E-state index in [0.717, 1.165) is 9.35 Å². The van der Waals surface area contributed by atoms with E-state index in [9.17, 15) is 13.2 Å². The number of nitrogens with one attached hydrogen (secondary N) is 1. The quantitative estimate of drug-likeness (QED) is 0.875. The fraction of sp³-hybridized carbons (Fsp3) is 0.0909. The van der Waals surface area contributed by atoms with E-state index in [4.69, 9.17) is 0 Å². The molecule has 0 spiro atoms. The zero-order valence-electron chi connectivity index (χ0n) is 8.44. The summed E-state index contributed by atoms with van der Waals surface area (Å²) in [6.45, 7) is 0.279. The number of benzene rings is 1. The lowest BCUT2D eigenvalue weighted by Crippen LogP contribution is -2.03. The summed E-state index contributed by atoms with van der Waals surface area (Å²) in [7, 11) is 0. The molecule has 0 aliphatic carbocycles. The van der Waals surface area contributed by atoms with Gasteiger partial charge >= 0.3 is 0 Å². The van der Waals surface area contributed by atoms with Gasteiger partial charge in [-0.15, -0.1) is 11.3 Å². The van der Waals surface area contributed by atoms with E-state index in [1.54, 1.807) is 0 Å². The Morgan fingerprint density at radius 3 is 2.29 bits per heavy atom. The second kappa shape index (κ2) is 5.10. The highest BCUT2D eigenvalue weighted by atomic mass is 79.9. The van der Waals surface area contributed by atoms with Crippen molar-refractivity contribution >= 4 is 33.0 Å². The van der Waals surface area contributed by atoms with Crippen LogP contribution in [0.3, 0.4) is 0 Å². The summed E-state index contributed by atoms with van der Waals surface area (Å²) in [4.78, 5) is 0. The number of hydrogen-bond acceptors (Lipinski definition) is 2. The van der Waals surface area contributed by atoms with Crippen molar-refractivity contribution in [3.63, 3.8) is 0 Å².